The first-order chi connectivity index (χ1) is 8.20. The Bertz CT molecular complexity index is 575. The Labute approximate surface area is 104 Å². The summed E-state index contributed by atoms with van der Waals surface area (Å²) >= 11 is 5.98. The average molecular weight is 253 g/mol. The molecule has 0 radical (unpaired) electrons. The van der Waals surface area contributed by atoms with Crippen molar-refractivity contribution in [3.05, 3.63) is 28.5 Å². The van der Waals surface area contributed by atoms with Gasteiger partial charge < -0.3 is 14.4 Å². The standard InChI is InChI=1S/C12H13ClN2O2/c1-7-3-15(9-5-17-6-9)12-11(7)8(4-16)2-10(13)14-12/h2-3,9,16H,4-6H2,1H3. The van der Waals surface area contributed by atoms with Gasteiger partial charge in [-0.1, -0.05) is 11.6 Å². The zero-order valence-corrected chi connectivity index (χ0v) is 10.2. The molecule has 90 valence electrons. The molecular weight excluding hydrogens is 240 g/mol. The third-order valence-electron chi connectivity index (χ3n) is 3.21. The summed E-state index contributed by atoms with van der Waals surface area (Å²) < 4.78 is 7.30. The molecule has 2 aromatic rings. The predicted molar refractivity (Wildman–Crippen MR) is 65.3 cm³/mol. The van der Waals surface area contributed by atoms with Crippen LogP contribution >= 0.6 is 11.6 Å². The summed E-state index contributed by atoms with van der Waals surface area (Å²) in [5, 5.41) is 10.8. The molecule has 5 heteroatoms. The summed E-state index contributed by atoms with van der Waals surface area (Å²) in [6.07, 6.45) is 2.06. The highest BCUT2D eigenvalue weighted by Gasteiger charge is 2.24. The van der Waals surface area contributed by atoms with Gasteiger partial charge in [-0.15, -0.1) is 0 Å². The van der Waals surface area contributed by atoms with Crippen LogP contribution in [-0.4, -0.2) is 27.9 Å². The SMILES string of the molecule is Cc1cn(C2COC2)c2nc(Cl)cc(CO)c12. The first-order valence-electron chi connectivity index (χ1n) is 5.56. The maximum atomic E-state index is 9.38. The van der Waals surface area contributed by atoms with Crippen LogP contribution in [0.4, 0.5) is 0 Å². The molecule has 4 nitrogen and oxygen atoms in total. The molecule has 2 aromatic heterocycles. The highest BCUT2D eigenvalue weighted by atomic mass is 35.5. The van der Waals surface area contributed by atoms with Crippen LogP contribution in [0.5, 0.6) is 0 Å². The third kappa shape index (κ3) is 1.64. The number of aliphatic hydroxyl groups excluding tert-OH is 1. The molecule has 0 atom stereocenters. The van der Waals surface area contributed by atoms with Gasteiger partial charge in [0.05, 0.1) is 25.9 Å². The summed E-state index contributed by atoms with van der Waals surface area (Å²) in [4.78, 5) is 4.37. The van der Waals surface area contributed by atoms with Gasteiger partial charge >= 0.3 is 0 Å². The van der Waals surface area contributed by atoms with Gasteiger partial charge in [-0.2, -0.15) is 0 Å². The van der Waals surface area contributed by atoms with E-state index in [1.54, 1.807) is 6.07 Å². The molecule has 0 spiro atoms. The maximum absolute atomic E-state index is 9.38. The lowest BCUT2D eigenvalue weighted by Crippen LogP contribution is -2.30. The van der Waals surface area contributed by atoms with Crippen molar-refractivity contribution in [2.75, 3.05) is 13.2 Å². The Hall–Kier alpha value is -1.10. The van der Waals surface area contributed by atoms with E-state index in [1.807, 2.05) is 6.92 Å². The molecule has 0 amide bonds. The van der Waals surface area contributed by atoms with Gasteiger partial charge in [-0.3, -0.25) is 0 Å². The molecule has 1 fully saturated rings. The first-order valence-corrected chi connectivity index (χ1v) is 5.93. The quantitative estimate of drug-likeness (QED) is 0.833. The Morgan fingerprint density at radius 3 is 2.94 bits per heavy atom. The zero-order valence-electron chi connectivity index (χ0n) is 9.48. The van der Waals surface area contributed by atoms with Crippen LogP contribution in [-0.2, 0) is 11.3 Å². The van der Waals surface area contributed by atoms with E-state index >= 15 is 0 Å². The molecule has 3 heterocycles. The average Bonchev–Trinajstić information content (AvgIpc) is 2.53. The lowest BCUT2D eigenvalue weighted by atomic mass is 10.1. The highest BCUT2D eigenvalue weighted by Crippen LogP contribution is 2.30. The van der Waals surface area contributed by atoms with Gasteiger partial charge in [-0.05, 0) is 24.1 Å². The molecule has 1 saturated heterocycles. The number of fused-ring (bicyclic) bond motifs is 1. The molecular formula is C12H13ClN2O2. The maximum Gasteiger partial charge on any atom is 0.142 e. The Kier molecular flexibility index (Phi) is 2.58. The molecule has 0 aliphatic carbocycles. The summed E-state index contributed by atoms with van der Waals surface area (Å²) in [7, 11) is 0. The van der Waals surface area contributed by atoms with Crippen molar-refractivity contribution in [1.82, 2.24) is 9.55 Å². The molecule has 1 aliphatic heterocycles. The van der Waals surface area contributed by atoms with Crippen LogP contribution in [0.25, 0.3) is 11.0 Å². The number of pyridine rings is 1. The summed E-state index contributed by atoms with van der Waals surface area (Å²) in [6.45, 7) is 3.43. The molecule has 0 unspecified atom stereocenters. The van der Waals surface area contributed by atoms with E-state index in [-0.39, 0.29) is 6.61 Å². The van der Waals surface area contributed by atoms with Gasteiger partial charge in [-0.25, -0.2) is 4.98 Å². The van der Waals surface area contributed by atoms with Crippen LogP contribution in [0.1, 0.15) is 17.2 Å². The molecule has 1 aliphatic rings. The third-order valence-corrected chi connectivity index (χ3v) is 3.40. The van der Waals surface area contributed by atoms with E-state index in [0.29, 0.717) is 24.4 Å². The highest BCUT2D eigenvalue weighted by molar-refractivity contribution is 6.29. The van der Waals surface area contributed by atoms with Crippen LogP contribution in [0, 0.1) is 6.92 Å². The number of hydrogen-bond donors (Lipinski definition) is 1. The number of aryl methyl sites for hydroxylation is 1. The number of aromatic nitrogens is 2. The second-order valence-electron chi connectivity index (χ2n) is 4.37. The Balaban J connectivity index is 2.27. The van der Waals surface area contributed by atoms with Crippen molar-refractivity contribution in [1.29, 1.82) is 0 Å². The summed E-state index contributed by atoms with van der Waals surface area (Å²) in [6, 6.07) is 2.06. The van der Waals surface area contributed by atoms with Crippen molar-refractivity contribution in [2.45, 2.75) is 19.6 Å². The second kappa shape index (κ2) is 3.98. The normalized spacial score (nSPS) is 16.4. The van der Waals surface area contributed by atoms with E-state index in [9.17, 15) is 5.11 Å². The first kappa shape index (κ1) is 11.0. The van der Waals surface area contributed by atoms with E-state index in [2.05, 4.69) is 15.7 Å². The largest absolute Gasteiger partial charge is 0.392 e. The van der Waals surface area contributed by atoms with E-state index < -0.39 is 0 Å². The number of halogens is 1. The number of aliphatic hydroxyl groups is 1. The zero-order chi connectivity index (χ0) is 12.0. The lowest BCUT2D eigenvalue weighted by molar-refractivity contribution is -0.0216. The van der Waals surface area contributed by atoms with Crippen LogP contribution in [0.15, 0.2) is 12.3 Å². The van der Waals surface area contributed by atoms with E-state index in [0.717, 1.165) is 22.2 Å². The van der Waals surface area contributed by atoms with Crippen molar-refractivity contribution < 1.29 is 9.84 Å². The smallest absolute Gasteiger partial charge is 0.142 e. The Morgan fingerprint density at radius 1 is 1.59 bits per heavy atom. The molecule has 0 bridgehead atoms. The van der Waals surface area contributed by atoms with E-state index in [1.165, 1.54) is 0 Å². The Morgan fingerprint density at radius 2 is 2.35 bits per heavy atom. The molecule has 3 rings (SSSR count). The second-order valence-corrected chi connectivity index (χ2v) is 4.76. The van der Waals surface area contributed by atoms with Crippen molar-refractivity contribution in [2.24, 2.45) is 0 Å². The van der Waals surface area contributed by atoms with E-state index in [4.69, 9.17) is 16.3 Å². The number of rotatable bonds is 2. The van der Waals surface area contributed by atoms with Crippen molar-refractivity contribution in [3.63, 3.8) is 0 Å². The van der Waals surface area contributed by atoms with Crippen LogP contribution < -0.4 is 0 Å². The summed E-state index contributed by atoms with van der Waals surface area (Å²) in [5.41, 5.74) is 2.78. The minimum atomic E-state index is -0.0231. The van der Waals surface area contributed by atoms with Gasteiger partial charge in [0.1, 0.15) is 10.8 Å². The van der Waals surface area contributed by atoms with Gasteiger partial charge in [0.25, 0.3) is 0 Å². The molecule has 1 N–H and O–H groups in total. The minimum absolute atomic E-state index is 0.0231. The van der Waals surface area contributed by atoms with Crippen molar-refractivity contribution in [3.8, 4) is 0 Å². The van der Waals surface area contributed by atoms with Gasteiger partial charge in [0.2, 0.25) is 0 Å². The molecule has 0 aromatic carbocycles. The fourth-order valence-electron chi connectivity index (χ4n) is 2.29. The fraction of sp³-hybridized carbons (Fsp3) is 0.417. The minimum Gasteiger partial charge on any atom is -0.392 e. The predicted octanol–water partition coefficient (Wildman–Crippen LogP) is 2.06. The lowest BCUT2D eigenvalue weighted by Gasteiger charge is -2.27. The van der Waals surface area contributed by atoms with Gasteiger partial charge in [0.15, 0.2) is 0 Å². The van der Waals surface area contributed by atoms with Gasteiger partial charge in [0, 0.05) is 11.6 Å². The number of ether oxygens (including phenoxy) is 1. The number of hydrogen-bond acceptors (Lipinski definition) is 3. The van der Waals surface area contributed by atoms with Crippen molar-refractivity contribution >= 4 is 22.6 Å². The van der Waals surface area contributed by atoms with Crippen LogP contribution in [0.2, 0.25) is 5.15 Å². The van der Waals surface area contributed by atoms with Crippen LogP contribution in [0.3, 0.4) is 0 Å². The summed E-state index contributed by atoms with van der Waals surface area (Å²) in [5.74, 6) is 0. The molecule has 17 heavy (non-hydrogen) atoms. The topological polar surface area (TPSA) is 47.3 Å². The molecule has 0 saturated carbocycles. The fourth-order valence-corrected chi connectivity index (χ4v) is 2.50. The number of nitrogens with zero attached hydrogens (tertiary/aromatic N) is 2. The monoisotopic (exact) mass is 252 g/mol.